The van der Waals surface area contributed by atoms with Gasteiger partial charge in [-0.25, -0.2) is 0 Å². The molecule has 1 heterocycles. The minimum Gasteiger partial charge on any atom is -0.319 e. The zero-order valence-corrected chi connectivity index (χ0v) is 10.9. The van der Waals surface area contributed by atoms with Crippen LogP contribution in [0.5, 0.6) is 0 Å². The average Bonchev–Trinajstić information content (AvgIpc) is 2.45. The molecule has 1 atom stereocenters. The molecule has 1 aromatic heterocycles. The molecule has 22 heavy (non-hydrogen) atoms. The Labute approximate surface area is 121 Å². The first-order chi connectivity index (χ1) is 10.1. The lowest BCUT2D eigenvalue weighted by Crippen LogP contribution is -2.20. The van der Waals surface area contributed by atoms with Gasteiger partial charge in [0.05, 0.1) is 22.9 Å². The van der Waals surface area contributed by atoms with Crippen molar-refractivity contribution in [2.45, 2.75) is 18.4 Å². The molecule has 2 N–H and O–H groups in total. The molecule has 0 amide bonds. The van der Waals surface area contributed by atoms with Crippen molar-refractivity contribution in [3.05, 3.63) is 65.0 Å². The fraction of sp³-hybridized carbons (Fsp3) is 0.214. The Hall–Kier alpha value is -2.09. The van der Waals surface area contributed by atoms with Gasteiger partial charge in [-0.05, 0) is 29.8 Å². The van der Waals surface area contributed by atoms with Gasteiger partial charge >= 0.3 is 12.4 Å². The van der Waals surface area contributed by atoms with E-state index in [-0.39, 0.29) is 5.56 Å². The first-order valence-electron chi connectivity index (χ1n) is 6.05. The standard InChI is InChI=1S/C14H10F6N2/c15-13(16,17)9-4-1-3-8(7-9)11(21)12-10(14(18,19)20)5-2-6-22-12/h1-7,11H,21H2/t11-/m0/s1. The van der Waals surface area contributed by atoms with Crippen LogP contribution in [0.15, 0.2) is 42.6 Å². The van der Waals surface area contributed by atoms with Crippen molar-refractivity contribution in [3.63, 3.8) is 0 Å². The normalized spacial score (nSPS) is 14.0. The van der Waals surface area contributed by atoms with Gasteiger partial charge in [0, 0.05) is 6.20 Å². The second-order valence-corrected chi connectivity index (χ2v) is 4.53. The molecule has 1 aromatic carbocycles. The molecular formula is C14H10F6N2. The number of hydrogen-bond acceptors (Lipinski definition) is 2. The molecule has 0 radical (unpaired) electrons. The lowest BCUT2D eigenvalue weighted by Gasteiger charge is -2.18. The van der Waals surface area contributed by atoms with Gasteiger partial charge in [-0.2, -0.15) is 26.3 Å². The molecule has 0 aliphatic carbocycles. The highest BCUT2D eigenvalue weighted by Crippen LogP contribution is 2.36. The Balaban J connectivity index is 2.48. The Morgan fingerprint density at radius 1 is 0.909 bits per heavy atom. The summed E-state index contributed by atoms with van der Waals surface area (Å²) in [6, 6.07) is 4.32. The van der Waals surface area contributed by atoms with E-state index in [0.717, 1.165) is 36.5 Å². The highest BCUT2D eigenvalue weighted by Gasteiger charge is 2.36. The summed E-state index contributed by atoms with van der Waals surface area (Å²) >= 11 is 0. The molecule has 0 aliphatic rings. The summed E-state index contributed by atoms with van der Waals surface area (Å²) in [7, 11) is 0. The third kappa shape index (κ3) is 3.38. The van der Waals surface area contributed by atoms with E-state index in [1.165, 1.54) is 6.07 Å². The minimum absolute atomic E-state index is 0.0981. The summed E-state index contributed by atoms with van der Waals surface area (Å²) in [5.74, 6) is 0. The summed E-state index contributed by atoms with van der Waals surface area (Å²) in [6.45, 7) is 0. The van der Waals surface area contributed by atoms with E-state index >= 15 is 0 Å². The summed E-state index contributed by atoms with van der Waals surface area (Å²) in [5.41, 5.74) is 3.03. The summed E-state index contributed by atoms with van der Waals surface area (Å²) in [4.78, 5) is 3.59. The molecule has 0 aliphatic heterocycles. The lowest BCUT2D eigenvalue weighted by molar-refractivity contribution is -0.139. The second-order valence-electron chi connectivity index (χ2n) is 4.53. The smallest absolute Gasteiger partial charge is 0.319 e. The number of halogens is 6. The van der Waals surface area contributed by atoms with Gasteiger partial charge in [0.1, 0.15) is 0 Å². The number of alkyl halides is 6. The molecular weight excluding hydrogens is 310 g/mol. The van der Waals surface area contributed by atoms with Crippen molar-refractivity contribution in [2.24, 2.45) is 5.73 Å². The Morgan fingerprint density at radius 2 is 1.59 bits per heavy atom. The van der Waals surface area contributed by atoms with E-state index in [0.29, 0.717) is 0 Å². The van der Waals surface area contributed by atoms with Gasteiger partial charge in [-0.15, -0.1) is 0 Å². The van der Waals surface area contributed by atoms with E-state index < -0.39 is 35.2 Å². The summed E-state index contributed by atoms with van der Waals surface area (Å²) < 4.78 is 76.7. The fourth-order valence-electron chi connectivity index (χ4n) is 1.97. The van der Waals surface area contributed by atoms with Crippen LogP contribution in [0.4, 0.5) is 26.3 Å². The van der Waals surface area contributed by atoms with Crippen molar-refractivity contribution >= 4 is 0 Å². The van der Waals surface area contributed by atoms with Crippen molar-refractivity contribution in [2.75, 3.05) is 0 Å². The predicted octanol–water partition coefficient (Wildman–Crippen LogP) is 4.17. The SMILES string of the molecule is N[C@@H](c1cccc(C(F)(F)F)c1)c1ncccc1C(F)(F)F. The molecule has 118 valence electrons. The molecule has 0 fully saturated rings. The zero-order valence-electron chi connectivity index (χ0n) is 10.9. The van der Waals surface area contributed by atoms with Crippen LogP contribution in [-0.2, 0) is 12.4 Å². The number of nitrogens with zero attached hydrogens (tertiary/aromatic N) is 1. The first-order valence-corrected chi connectivity index (χ1v) is 6.05. The van der Waals surface area contributed by atoms with Crippen LogP contribution < -0.4 is 5.73 Å². The van der Waals surface area contributed by atoms with Gasteiger partial charge in [-0.3, -0.25) is 4.98 Å². The van der Waals surface area contributed by atoms with E-state index in [9.17, 15) is 26.3 Å². The maximum absolute atomic E-state index is 12.9. The van der Waals surface area contributed by atoms with Gasteiger partial charge in [-0.1, -0.05) is 12.1 Å². The minimum atomic E-state index is -4.69. The lowest BCUT2D eigenvalue weighted by atomic mass is 9.98. The maximum Gasteiger partial charge on any atom is 0.418 e. The van der Waals surface area contributed by atoms with Crippen LogP contribution in [0.1, 0.15) is 28.4 Å². The maximum atomic E-state index is 12.9. The van der Waals surface area contributed by atoms with Crippen LogP contribution in [0.2, 0.25) is 0 Å². The number of rotatable bonds is 2. The molecule has 0 unspecified atom stereocenters. The molecule has 8 heteroatoms. The number of hydrogen-bond donors (Lipinski definition) is 1. The monoisotopic (exact) mass is 320 g/mol. The largest absolute Gasteiger partial charge is 0.418 e. The molecule has 0 spiro atoms. The van der Waals surface area contributed by atoms with Crippen LogP contribution in [-0.4, -0.2) is 4.98 Å². The van der Waals surface area contributed by atoms with E-state index in [4.69, 9.17) is 5.73 Å². The summed E-state index contributed by atoms with van der Waals surface area (Å²) in [5, 5.41) is 0. The van der Waals surface area contributed by atoms with Crippen molar-refractivity contribution < 1.29 is 26.3 Å². The number of benzene rings is 1. The molecule has 0 bridgehead atoms. The topological polar surface area (TPSA) is 38.9 Å². The quantitative estimate of drug-likeness (QED) is 0.844. The van der Waals surface area contributed by atoms with Gasteiger partial charge in [0.15, 0.2) is 0 Å². The predicted molar refractivity (Wildman–Crippen MR) is 66.7 cm³/mol. The summed E-state index contributed by atoms with van der Waals surface area (Å²) in [6.07, 6.45) is -8.19. The van der Waals surface area contributed by atoms with E-state index in [2.05, 4.69) is 4.98 Å². The van der Waals surface area contributed by atoms with E-state index in [1.54, 1.807) is 0 Å². The molecule has 0 saturated carbocycles. The average molecular weight is 320 g/mol. The Morgan fingerprint density at radius 3 is 2.18 bits per heavy atom. The second kappa shape index (κ2) is 5.60. The Bertz CT molecular complexity index is 663. The molecule has 2 rings (SSSR count). The van der Waals surface area contributed by atoms with Crippen LogP contribution in [0.3, 0.4) is 0 Å². The number of pyridine rings is 1. The van der Waals surface area contributed by atoms with Crippen LogP contribution >= 0.6 is 0 Å². The van der Waals surface area contributed by atoms with Crippen molar-refractivity contribution in [3.8, 4) is 0 Å². The van der Waals surface area contributed by atoms with Crippen LogP contribution in [0.25, 0.3) is 0 Å². The third-order valence-electron chi connectivity index (χ3n) is 3.01. The number of aromatic nitrogens is 1. The van der Waals surface area contributed by atoms with E-state index in [1.807, 2.05) is 0 Å². The zero-order chi connectivity index (χ0) is 16.5. The van der Waals surface area contributed by atoms with Gasteiger partial charge in [0.2, 0.25) is 0 Å². The van der Waals surface area contributed by atoms with Crippen molar-refractivity contribution in [1.82, 2.24) is 4.98 Å². The molecule has 2 nitrogen and oxygen atoms in total. The Kier molecular flexibility index (Phi) is 4.15. The fourth-order valence-corrected chi connectivity index (χ4v) is 1.97. The van der Waals surface area contributed by atoms with Crippen molar-refractivity contribution in [1.29, 1.82) is 0 Å². The van der Waals surface area contributed by atoms with Gasteiger partial charge < -0.3 is 5.73 Å². The molecule has 0 saturated heterocycles. The first kappa shape index (κ1) is 16.3. The highest BCUT2D eigenvalue weighted by molar-refractivity contribution is 5.36. The molecule has 2 aromatic rings. The highest BCUT2D eigenvalue weighted by atomic mass is 19.4. The third-order valence-corrected chi connectivity index (χ3v) is 3.01. The van der Waals surface area contributed by atoms with Gasteiger partial charge in [0.25, 0.3) is 0 Å². The van der Waals surface area contributed by atoms with Crippen LogP contribution in [0, 0.1) is 0 Å². The number of nitrogens with two attached hydrogens (primary N) is 1.